The molecule has 4 aromatic rings. The van der Waals surface area contributed by atoms with E-state index in [9.17, 15) is 4.79 Å². The Balaban J connectivity index is 1.44. The number of hydrogen-bond donors (Lipinski definition) is 1. The summed E-state index contributed by atoms with van der Waals surface area (Å²) >= 11 is 1.51. The molecular weight excluding hydrogens is 422 g/mol. The van der Waals surface area contributed by atoms with Crippen LogP contribution in [0.15, 0.2) is 65.7 Å². The van der Waals surface area contributed by atoms with E-state index in [4.69, 9.17) is 5.10 Å². The number of carbonyl (C=O) groups excluding carboxylic acids is 1. The summed E-state index contributed by atoms with van der Waals surface area (Å²) in [5.74, 6) is 0.809. The minimum Gasteiger partial charge on any atom is -0.267 e. The summed E-state index contributed by atoms with van der Waals surface area (Å²) in [4.78, 5) is 16.9. The van der Waals surface area contributed by atoms with Crippen LogP contribution in [0.5, 0.6) is 0 Å². The molecule has 1 fully saturated rings. The van der Waals surface area contributed by atoms with Crippen LogP contribution in [0.25, 0.3) is 22.5 Å². The van der Waals surface area contributed by atoms with Gasteiger partial charge in [0.15, 0.2) is 0 Å². The van der Waals surface area contributed by atoms with Crippen LogP contribution in [-0.2, 0) is 11.3 Å². The second kappa shape index (κ2) is 8.80. The number of nitrogens with zero attached hydrogens (tertiary/aromatic N) is 6. The second-order valence-corrected chi connectivity index (χ2v) is 8.57. The van der Waals surface area contributed by atoms with E-state index in [0.29, 0.717) is 23.1 Å². The maximum atomic E-state index is 12.0. The van der Waals surface area contributed by atoms with Gasteiger partial charge in [0.1, 0.15) is 5.01 Å². The van der Waals surface area contributed by atoms with Gasteiger partial charge in [0.2, 0.25) is 10.6 Å². The largest absolute Gasteiger partial charge is 0.272 e. The van der Waals surface area contributed by atoms with Crippen molar-refractivity contribution in [3.05, 3.63) is 76.1 Å². The molecule has 1 amide bonds. The lowest BCUT2D eigenvalue weighted by Crippen LogP contribution is -2.18. The minimum absolute atomic E-state index is 0.263. The molecule has 32 heavy (non-hydrogen) atoms. The van der Waals surface area contributed by atoms with E-state index >= 15 is 0 Å². The highest BCUT2D eigenvalue weighted by Gasteiger charge is 2.27. The molecule has 0 atom stereocenters. The van der Waals surface area contributed by atoms with Crippen molar-refractivity contribution in [1.29, 1.82) is 0 Å². The molecule has 160 valence electrons. The third-order valence-corrected chi connectivity index (χ3v) is 6.30. The maximum absolute atomic E-state index is 12.0. The first-order valence-corrected chi connectivity index (χ1v) is 11.2. The minimum atomic E-state index is -0.263. The molecule has 9 heteroatoms. The zero-order valence-electron chi connectivity index (χ0n) is 17.5. The summed E-state index contributed by atoms with van der Waals surface area (Å²) in [6.07, 6.45) is 5.48. The zero-order valence-corrected chi connectivity index (χ0v) is 18.3. The SMILES string of the molecule is CC=CC(=O)N=c1sc(C2CC2)nn1Cc1ccc(-c2ccccc2-c2nn[nH]n2)cc1. The van der Waals surface area contributed by atoms with Crippen molar-refractivity contribution >= 4 is 17.2 Å². The smallest absolute Gasteiger partial charge is 0.267 e. The molecule has 8 nitrogen and oxygen atoms in total. The highest BCUT2D eigenvalue weighted by molar-refractivity contribution is 7.09. The van der Waals surface area contributed by atoms with Crippen molar-refractivity contribution in [2.45, 2.75) is 32.2 Å². The molecule has 0 unspecified atom stereocenters. The van der Waals surface area contributed by atoms with Gasteiger partial charge in [0.05, 0.1) is 6.54 Å². The van der Waals surface area contributed by atoms with E-state index in [-0.39, 0.29) is 5.91 Å². The lowest BCUT2D eigenvalue weighted by atomic mass is 9.98. The van der Waals surface area contributed by atoms with E-state index in [1.54, 1.807) is 6.08 Å². The number of aromatic amines is 1. The average Bonchev–Trinajstić information content (AvgIpc) is 3.37. The zero-order chi connectivity index (χ0) is 21.9. The first-order chi connectivity index (χ1) is 15.7. The molecule has 1 aliphatic carbocycles. The summed E-state index contributed by atoms with van der Waals surface area (Å²) in [7, 11) is 0. The predicted octanol–water partition coefficient (Wildman–Crippen LogP) is 3.72. The Morgan fingerprint density at radius 1 is 1.19 bits per heavy atom. The molecule has 0 spiro atoms. The first kappa shape index (κ1) is 20.2. The Kier molecular flexibility index (Phi) is 5.55. The monoisotopic (exact) mass is 443 g/mol. The molecule has 1 aliphatic rings. The summed E-state index contributed by atoms with van der Waals surface area (Å²) in [5.41, 5.74) is 4.09. The summed E-state index contributed by atoms with van der Waals surface area (Å²) in [6.45, 7) is 2.36. The molecule has 1 N–H and O–H groups in total. The van der Waals surface area contributed by atoms with Gasteiger partial charge in [-0.25, -0.2) is 4.68 Å². The Labute approximate surface area is 188 Å². The second-order valence-electron chi connectivity index (χ2n) is 7.58. The predicted molar refractivity (Wildman–Crippen MR) is 122 cm³/mol. The van der Waals surface area contributed by atoms with Gasteiger partial charge < -0.3 is 0 Å². The van der Waals surface area contributed by atoms with Gasteiger partial charge in [-0.05, 0) is 41.7 Å². The number of amides is 1. The topological polar surface area (TPSA) is 102 Å². The van der Waals surface area contributed by atoms with Crippen LogP contribution in [-0.4, -0.2) is 36.3 Å². The van der Waals surface area contributed by atoms with Crippen LogP contribution in [0, 0.1) is 0 Å². The summed E-state index contributed by atoms with van der Waals surface area (Å²) < 4.78 is 1.84. The number of aromatic nitrogens is 6. The number of H-pyrrole nitrogens is 1. The molecule has 0 bridgehead atoms. The lowest BCUT2D eigenvalue weighted by molar-refractivity contribution is -0.113. The van der Waals surface area contributed by atoms with Crippen LogP contribution in [0.3, 0.4) is 0 Å². The molecule has 2 aromatic carbocycles. The van der Waals surface area contributed by atoms with Crippen molar-refractivity contribution in [3.63, 3.8) is 0 Å². The average molecular weight is 444 g/mol. The Morgan fingerprint density at radius 2 is 1.97 bits per heavy atom. The fraction of sp³-hybridized carbons (Fsp3) is 0.217. The number of rotatable bonds is 6. The van der Waals surface area contributed by atoms with Crippen molar-refractivity contribution in [3.8, 4) is 22.5 Å². The number of benzene rings is 2. The standard InChI is InChI=1S/C23H21N7OS/c1-2-5-20(31)24-23-30(27-22(32-23)17-12-13-17)14-15-8-10-16(11-9-15)18-6-3-4-7-19(18)21-25-28-29-26-21/h2-11,17H,12-14H2,1H3,(H,25,26,28,29). The molecule has 0 radical (unpaired) electrons. The number of tetrazole rings is 1. The summed E-state index contributed by atoms with van der Waals surface area (Å²) in [6, 6.07) is 16.3. The first-order valence-electron chi connectivity index (χ1n) is 10.4. The highest BCUT2D eigenvalue weighted by Crippen LogP contribution is 2.40. The number of hydrogen-bond acceptors (Lipinski definition) is 6. The Hall–Kier alpha value is -3.72. The Morgan fingerprint density at radius 3 is 2.66 bits per heavy atom. The van der Waals surface area contributed by atoms with E-state index in [1.807, 2.05) is 35.9 Å². The van der Waals surface area contributed by atoms with Gasteiger partial charge in [-0.2, -0.15) is 15.3 Å². The van der Waals surface area contributed by atoms with Gasteiger partial charge in [0.25, 0.3) is 5.91 Å². The van der Waals surface area contributed by atoms with Crippen LogP contribution in [0.2, 0.25) is 0 Å². The molecular formula is C23H21N7OS. The number of allylic oxidation sites excluding steroid dienone is 1. The molecule has 1 saturated carbocycles. The third kappa shape index (κ3) is 4.33. The molecule has 2 aromatic heterocycles. The van der Waals surface area contributed by atoms with Crippen LogP contribution in [0.1, 0.15) is 36.3 Å². The van der Waals surface area contributed by atoms with Gasteiger partial charge in [-0.3, -0.25) is 4.79 Å². The van der Waals surface area contributed by atoms with Crippen molar-refractivity contribution < 1.29 is 4.79 Å². The molecule has 5 rings (SSSR count). The van der Waals surface area contributed by atoms with Gasteiger partial charge >= 0.3 is 0 Å². The van der Waals surface area contributed by atoms with E-state index < -0.39 is 0 Å². The fourth-order valence-corrected chi connectivity index (χ4v) is 4.52. The Bertz CT molecular complexity index is 1330. The number of nitrogens with one attached hydrogen (secondary N) is 1. The molecule has 0 saturated heterocycles. The molecule has 0 aliphatic heterocycles. The van der Waals surface area contributed by atoms with Gasteiger partial charge in [-0.1, -0.05) is 65.9 Å². The summed E-state index contributed by atoms with van der Waals surface area (Å²) in [5, 5.41) is 20.2. The van der Waals surface area contributed by atoms with Crippen molar-refractivity contribution in [2.24, 2.45) is 4.99 Å². The maximum Gasteiger partial charge on any atom is 0.272 e. The normalized spacial score (nSPS) is 14.3. The van der Waals surface area contributed by atoms with Crippen LogP contribution in [0.4, 0.5) is 0 Å². The highest BCUT2D eigenvalue weighted by atomic mass is 32.1. The number of carbonyl (C=O) groups is 1. The van der Waals surface area contributed by atoms with Crippen LogP contribution >= 0.6 is 11.3 Å². The van der Waals surface area contributed by atoms with E-state index in [2.05, 4.69) is 49.9 Å². The van der Waals surface area contributed by atoms with Crippen molar-refractivity contribution in [2.75, 3.05) is 0 Å². The fourth-order valence-electron chi connectivity index (χ4n) is 3.45. The van der Waals surface area contributed by atoms with E-state index in [0.717, 1.165) is 40.1 Å². The quantitative estimate of drug-likeness (QED) is 0.458. The lowest BCUT2D eigenvalue weighted by Gasteiger charge is -2.08. The van der Waals surface area contributed by atoms with E-state index in [1.165, 1.54) is 17.4 Å². The molecule has 2 heterocycles. The van der Waals surface area contributed by atoms with Gasteiger partial charge in [0, 0.05) is 17.6 Å². The van der Waals surface area contributed by atoms with Crippen molar-refractivity contribution in [1.82, 2.24) is 30.4 Å². The van der Waals surface area contributed by atoms with Gasteiger partial charge in [-0.15, -0.1) is 10.2 Å². The third-order valence-electron chi connectivity index (χ3n) is 5.19. The van der Waals surface area contributed by atoms with Crippen LogP contribution < -0.4 is 4.80 Å².